The molecule has 2 aromatic rings. The predicted octanol–water partition coefficient (Wildman–Crippen LogP) is 4.23. The highest BCUT2D eigenvalue weighted by molar-refractivity contribution is 5.94. The summed E-state index contributed by atoms with van der Waals surface area (Å²) in [6.45, 7) is 4.74. The van der Waals surface area contributed by atoms with E-state index < -0.39 is 23.4 Å². The number of nitrogens with one attached hydrogen (secondary N) is 2. The Balaban J connectivity index is 0.00000341. The maximum atomic E-state index is 13.3. The van der Waals surface area contributed by atoms with Gasteiger partial charge in [-0.3, -0.25) is 4.79 Å². The number of amides is 1. The molecule has 0 radical (unpaired) electrons. The lowest BCUT2D eigenvalue weighted by atomic mass is 9.91. The summed E-state index contributed by atoms with van der Waals surface area (Å²) in [5.74, 6) is -2.62. The Morgan fingerprint density at radius 2 is 1.65 bits per heavy atom. The molecule has 0 atom stereocenters. The molecule has 1 aromatic carbocycles. The molecule has 1 aliphatic carbocycles. The van der Waals surface area contributed by atoms with E-state index in [1.54, 1.807) is 0 Å². The number of hydrogen-bond donors (Lipinski definition) is 2. The molecule has 6 nitrogen and oxygen atoms in total. The minimum Gasteiger partial charge on any atom is -0.367 e. The van der Waals surface area contributed by atoms with Crippen LogP contribution in [0.1, 0.15) is 48.8 Å². The maximum absolute atomic E-state index is 13.3. The molecule has 31 heavy (non-hydrogen) atoms. The van der Waals surface area contributed by atoms with Crippen molar-refractivity contribution >= 4 is 29.9 Å². The first kappa shape index (κ1) is 24.7. The Morgan fingerprint density at radius 3 is 2.23 bits per heavy atom. The average molecular weight is 458 g/mol. The van der Waals surface area contributed by atoms with Crippen molar-refractivity contribution in [3.05, 3.63) is 47.0 Å². The van der Waals surface area contributed by atoms with Crippen molar-refractivity contribution in [2.45, 2.75) is 51.6 Å². The summed E-state index contributed by atoms with van der Waals surface area (Å²) < 4.78 is 39.8. The van der Waals surface area contributed by atoms with Crippen LogP contribution in [0.25, 0.3) is 0 Å². The zero-order valence-corrected chi connectivity index (χ0v) is 18.5. The topological polar surface area (TPSA) is 70.2 Å². The number of carbonyl (C=O) groups is 1. The monoisotopic (exact) mass is 457 g/mol. The van der Waals surface area contributed by atoms with Crippen LogP contribution in [0.2, 0.25) is 0 Å². The number of halogens is 4. The van der Waals surface area contributed by atoms with Crippen LogP contribution in [0.15, 0.2) is 18.2 Å². The Hall–Kier alpha value is -2.55. The lowest BCUT2D eigenvalue weighted by Crippen LogP contribution is -2.40. The molecule has 1 saturated carbocycles. The third-order valence-electron chi connectivity index (χ3n) is 5.35. The van der Waals surface area contributed by atoms with Gasteiger partial charge in [0.05, 0.1) is 0 Å². The van der Waals surface area contributed by atoms with Crippen LogP contribution in [0.3, 0.4) is 0 Å². The number of carbonyl (C=O) groups excluding carboxylic acids is 1. The van der Waals surface area contributed by atoms with Crippen LogP contribution >= 0.6 is 12.4 Å². The number of hydrogen-bond acceptors (Lipinski definition) is 5. The van der Waals surface area contributed by atoms with E-state index in [0.717, 1.165) is 31.0 Å². The van der Waals surface area contributed by atoms with Crippen LogP contribution in [0.5, 0.6) is 0 Å². The summed E-state index contributed by atoms with van der Waals surface area (Å²) in [4.78, 5) is 23.2. The summed E-state index contributed by atoms with van der Waals surface area (Å²) >= 11 is 0. The summed E-state index contributed by atoms with van der Waals surface area (Å²) in [6, 6.07) is 3.43. The van der Waals surface area contributed by atoms with Crippen LogP contribution in [0, 0.1) is 24.4 Å². The predicted molar refractivity (Wildman–Crippen MR) is 116 cm³/mol. The maximum Gasteiger partial charge on any atom is 0.251 e. The minimum atomic E-state index is -1.58. The lowest BCUT2D eigenvalue weighted by molar-refractivity contribution is 0.0925. The highest BCUT2D eigenvalue weighted by Gasteiger charge is 2.24. The Labute approximate surface area is 186 Å². The number of aromatic nitrogens is 2. The third-order valence-corrected chi connectivity index (χ3v) is 5.35. The Bertz CT molecular complexity index is 899. The summed E-state index contributed by atoms with van der Waals surface area (Å²) in [5, 5.41) is 6.22. The molecule has 1 fully saturated rings. The van der Waals surface area contributed by atoms with E-state index in [-0.39, 0.29) is 30.1 Å². The zero-order valence-electron chi connectivity index (χ0n) is 17.7. The highest BCUT2D eigenvalue weighted by atomic mass is 35.5. The minimum absolute atomic E-state index is 0. The van der Waals surface area contributed by atoms with Gasteiger partial charge in [0.25, 0.3) is 5.91 Å². The molecule has 0 aliphatic heterocycles. The second-order valence-corrected chi connectivity index (χ2v) is 7.59. The molecule has 1 heterocycles. The van der Waals surface area contributed by atoms with Crippen molar-refractivity contribution in [1.29, 1.82) is 0 Å². The van der Waals surface area contributed by atoms with E-state index in [0.29, 0.717) is 30.8 Å². The fraction of sp³-hybridized carbons (Fsp3) is 0.476. The van der Waals surface area contributed by atoms with Crippen molar-refractivity contribution in [1.82, 2.24) is 15.3 Å². The molecule has 0 spiro atoms. The van der Waals surface area contributed by atoms with Gasteiger partial charge < -0.3 is 15.5 Å². The molecule has 2 N–H and O–H groups in total. The van der Waals surface area contributed by atoms with Gasteiger partial charge >= 0.3 is 0 Å². The van der Waals surface area contributed by atoms with Crippen molar-refractivity contribution in [2.24, 2.45) is 0 Å². The van der Waals surface area contributed by atoms with E-state index in [1.165, 1.54) is 0 Å². The second kappa shape index (κ2) is 10.7. The number of anilines is 2. The first-order valence-electron chi connectivity index (χ1n) is 10.1. The van der Waals surface area contributed by atoms with Gasteiger partial charge in [0.1, 0.15) is 17.5 Å². The van der Waals surface area contributed by atoms with Crippen LogP contribution in [-0.2, 0) is 0 Å². The molecule has 10 heteroatoms. The fourth-order valence-electron chi connectivity index (χ4n) is 3.53. The number of rotatable bonds is 6. The first-order chi connectivity index (χ1) is 14.3. The molecule has 170 valence electrons. The van der Waals surface area contributed by atoms with Crippen molar-refractivity contribution in [2.75, 3.05) is 23.8 Å². The van der Waals surface area contributed by atoms with E-state index in [9.17, 15) is 18.0 Å². The lowest BCUT2D eigenvalue weighted by Gasteiger charge is -2.30. The quantitative estimate of drug-likeness (QED) is 0.635. The van der Waals surface area contributed by atoms with Crippen molar-refractivity contribution < 1.29 is 18.0 Å². The third kappa shape index (κ3) is 6.22. The average Bonchev–Trinajstić information content (AvgIpc) is 2.72. The summed E-state index contributed by atoms with van der Waals surface area (Å²) in [7, 11) is 1.97. The second-order valence-electron chi connectivity index (χ2n) is 7.59. The zero-order chi connectivity index (χ0) is 21.8. The van der Waals surface area contributed by atoms with Gasteiger partial charge in [0.15, 0.2) is 17.5 Å². The molecule has 1 aromatic heterocycles. The van der Waals surface area contributed by atoms with Gasteiger partial charge in [-0.05, 0) is 51.7 Å². The van der Waals surface area contributed by atoms with Gasteiger partial charge in [0.2, 0.25) is 0 Å². The van der Waals surface area contributed by atoms with Gasteiger partial charge in [-0.15, -0.1) is 12.4 Å². The molecule has 0 saturated heterocycles. The van der Waals surface area contributed by atoms with Crippen molar-refractivity contribution in [3.8, 4) is 0 Å². The van der Waals surface area contributed by atoms with E-state index >= 15 is 0 Å². The highest BCUT2D eigenvalue weighted by Crippen LogP contribution is 2.24. The fourth-order valence-corrected chi connectivity index (χ4v) is 3.53. The molecular weight excluding hydrogens is 431 g/mol. The number of aryl methyl sites for hydroxylation is 1. The largest absolute Gasteiger partial charge is 0.367 e. The summed E-state index contributed by atoms with van der Waals surface area (Å²) in [5.41, 5.74) is -0.226. The first-order valence-corrected chi connectivity index (χ1v) is 10.1. The molecule has 0 unspecified atom stereocenters. The van der Waals surface area contributed by atoms with Crippen LogP contribution in [-0.4, -0.2) is 41.6 Å². The normalized spacial score (nSPS) is 18.1. The van der Waals surface area contributed by atoms with E-state index in [1.807, 2.05) is 24.9 Å². The molecular formula is C21H27ClF3N5O. The van der Waals surface area contributed by atoms with Gasteiger partial charge in [-0.1, -0.05) is 0 Å². The Kier molecular flexibility index (Phi) is 8.50. The smallest absolute Gasteiger partial charge is 0.251 e. The van der Waals surface area contributed by atoms with Gasteiger partial charge in [-0.25, -0.2) is 23.1 Å². The van der Waals surface area contributed by atoms with Gasteiger partial charge in [-0.2, -0.15) is 0 Å². The standard InChI is InChI=1S/C21H26F3N5O.ClH/c1-4-29(3)19-11-18(25-12(2)26-19)27-14-5-7-15(8-6-14)28-21(30)13-9-16(22)20(24)17(23)10-13;/h9-11,14-15H,4-8H2,1-3H3,(H,28,30)(H,25,26,27);1H. The summed E-state index contributed by atoms with van der Waals surface area (Å²) in [6.07, 6.45) is 3.03. The van der Waals surface area contributed by atoms with Crippen LogP contribution in [0.4, 0.5) is 24.8 Å². The Morgan fingerprint density at radius 1 is 1.06 bits per heavy atom. The van der Waals surface area contributed by atoms with E-state index in [4.69, 9.17) is 0 Å². The molecule has 1 amide bonds. The molecule has 0 bridgehead atoms. The van der Waals surface area contributed by atoms with Crippen molar-refractivity contribution in [3.63, 3.8) is 0 Å². The van der Waals surface area contributed by atoms with E-state index in [2.05, 4.69) is 27.5 Å². The number of benzene rings is 1. The van der Waals surface area contributed by atoms with Crippen LogP contribution < -0.4 is 15.5 Å². The SMILES string of the molecule is CCN(C)c1cc(NC2CCC(NC(=O)c3cc(F)c(F)c(F)c3)CC2)nc(C)n1.Cl. The molecule has 1 aliphatic rings. The number of nitrogens with zero attached hydrogens (tertiary/aromatic N) is 3. The van der Waals surface area contributed by atoms with Gasteiger partial charge in [0, 0.05) is 37.3 Å². The molecule has 3 rings (SSSR count).